The van der Waals surface area contributed by atoms with E-state index in [9.17, 15) is 10.1 Å². The molecule has 0 atom stereocenters. The predicted molar refractivity (Wildman–Crippen MR) is 67.4 cm³/mol. The van der Waals surface area contributed by atoms with Crippen LogP contribution in [0.5, 0.6) is 5.75 Å². The van der Waals surface area contributed by atoms with E-state index < -0.39 is 4.92 Å². The maximum atomic E-state index is 10.6. The van der Waals surface area contributed by atoms with Crippen LogP contribution in [0.1, 0.15) is 5.69 Å². The molecule has 0 N–H and O–H groups in total. The number of rotatable bonds is 4. The van der Waals surface area contributed by atoms with Gasteiger partial charge in [-0.1, -0.05) is 27.7 Å². The Kier molecular flexibility index (Phi) is 3.95. The number of nitrogens with zero attached hydrogens (tertiary/aromatic N) is 3. The molecule has 1 aromatic carbocycles. The molecule has 0 fully saturated rings. The van der Waals surface area contributed by atoms with Crippen LogP contribution >= 0.6 is 34.7 Å². The summed E-state index contributed by atoms with van der Waals surface area (Å²) in [6.07, 6.45) is 0. The molecule has 0 aliphatic carbocycles. The first-order chi connectivity index (χ1) is 8.58. The van der Waals surface area contributed by atoms with Crippen molar-refractivity contribution in [3.05, 3.63) is 43.4 Å². The van der Waals surface area contributed by atoms with Crippen molar-refractivity contribution in [2.75, 3.05) is 0 Å². The van der Waals surface area contributed by atoms with Gasteiger partial charge in [-0.3, -0.25) is 10.1 Å². The molecular formula is C9H5Cl2N3O3S. The average molecular weight is 306 g/mol. The van der Waals surface area contributed by atoms with Crippen LogP contribution in [0.15, 0.2) is 18.2 Å². The Bertz CT molecular complexity index is 590. The van der Waals surface area contributed by atoms with Crippen LogP contribution in [0.2, 0.25) is 9.36 Å². The van der Waals surface area contributed by atoms with Crippen molar-refractivity contribution in [1.29, 1.82) is 0 Å². The molecule has 0 amide bonds. The molecule has 0 aliphatic heterocycles. The van der Waals surface area contributed by atoms with Crippen molar-refractivity contribution < 1.29 is 9.66 Å². The summed E-state index contributed by atoms with van der Waals surface area (Å²) in [5, 5.41) is 14.6. The average Bonchev–Trinajstić information content (AvgIpc) is 2.73. The van der Waals surface area contributed by atoms with Crippen LogP contribution in [-0.4, -0.2) is 14.5 Å². The number of nitro groups is 1. The molecule has 0 unspecified atom stereocenters. The molecule has 94 valence electrons. The second kappa shape index (κ2) is 5.47. The molecular weight excluding hydrogens is 301 g/mol. The molecule has 9 heteroatoms. The van der Waals surface area contributed by atoms with Crippen LogP contribution in [0, 0.1) is 10.1 Å². The highest BCUT2D eigenvalue weighted by molar-refractivity contribution is 7.10. The third kappa shape index (κ3) is 2.87. The number of non-ortho nitro benzene ring substituents is 1. The van der Waals surface area contributed by atoms with Gasteiger partial charge in [0.1, 0.15) is 22.4 Å². The molecule has 1 aromatic heterocycles. The van der Waals surface area contributed by atoms with Crippen LogP contribution in [-0.2, 0) is 6.61 Å². The van der Waals surface area contributed by atoms with Gasteiger partial charge in [0, 0.05) is 17.6 Å². The van der Waals surface area contributed by atoms with Gasteiger partial charge in [-0.05, 0) is 6.07 Å². The summed E-state index contributed by atoms with van der Waals surface area (Å²) in [5.74, 6) is 0.204. The van der Waals surface area contributed by atoms with Crippen molar-refractivity contribution in [2.24, 2.45) is 0 Å². The highest BCUT2D eigenvalue weighted by Gasteiger charge is 2.12. The van der Waals surface area contributed by atoms with E-state index in [1.807, 2.05) is 0 Å². The Morgan fingerprint density at radius 2 is 2.22 bits per heavy atom. The third-order valence-electron chi connectivity index (χ3n) is 2.00. The van der Waals surface area contributed by atoms with Crippen LogP contribution in [0.25, 0.3) is 0 Å². The maximum Gasteiger partial charge on any atom is 0.273 e. The minimum Gasteiger partial charge on any atom is -0.485 e. The summed E-state index contributed by atoms with van der Waals surface area (Å²) >= 11 is 12.7. The van der Waals surface area contributed by atoms with E-state index >= 15 is 0 Å². The van der Waals surface area contributed by atoms with Crippen LogP contribution in [0.4, 0.5) is 5.69 Å². The number of hydrogen-bond donors (Lipinski definition) is 0. The summed E-state index contributed by atoms with van der Waals surface area (Å²) in [6, 6.07) is 3.94. The quantitative estimate of drug-likeness (QED) is 0.639. The fraction of sp³-hybridized carbons (Fsp3) is 0.111. The molecule has 0 saturated heterocycles. The van der Waals surface area contributed by atoms with Gasteiger partial charge in [-0.25, -0.2) is 0 Å². The topological polar surface area (TPSA) is 78.2 Å². The Labute approximate surface area is 115 Å². The number of halogens is 2. The van der Waals surface area contributed by atoms with Gasteiger partial charge in [0.25, 0.3) is 5.69 Å². The van der Waals surface area contributed by atoms with E-state index in [-0.39, 0.29) is 23.1 Å². The molecule has 18 heavy (non-hydrogen) atoms. The van der Waals surface area contributed by atoms with Crippen LogP contribution < -0.4 is 4.74 Å². The Morgan fingerprint density at radius 3 is 2.83 bits per heavy atom. The zero-order valence-corrected chi connectivity index (χ0v) is 11.0. The summed E-state index contributed by atoms with van der Waals surface area (Å²) in [4.78, 5) is 10.1. The number of nitro benzene ring substituents is 1. The number of aromatic nitrogens is 2. The SMILES string of the molecule is O=[N+]([O-])c1ccc(Cl)c(OCc2nnsc2Cl)c1. The highest BCUT2D eigenvalue weighted by atomic mass is 35.5. The highest BCUT2D eigenvalue weighted by Crippen LogP contribution is 2.30. The van der Waals surface area contributed by atoms with E-state index in [1.54, 1.807) is 0 Å². The first-order valence-corrected chi connectivity index (χ1v) is 6.14. The van der Waals surface area contributed by atoms with Gasteiger partial charge in [0.2, 0.25) is 0 Å². The molecule has 0 radical (unpaired) electrons. The lowest BCUT2D eigenvalue weighted by molar-refractivity contribution is -0.384. The zero-order chi connectivity index (χ0) is 13.1. The lowest BCUT2D eigenvalue weighted by Crippen LogP contribution is -1.98. The summed E-state index contributed by atoms with van der Waals surface area (Å²) in [7, 11) is 0. The van der Waals surface area contributed by atoms with Gasteiger partial charge in [-0.15, -0.1) is 5.10 Å². The molecule has 2 rings (SSSR count). The lowest BCUT2D eigenvalue weighted by atomic mass is 10.3. The monoisotopic (exact) mass is 305 g/mol. The first kappa shape index (κ1) is 13.0. The molecule has 6 nitrogen and oxygen atoms in total. The fourth-order valence-corrected chi connectivity index (χ4v) is 1.92. The summed E-state index contributed by atoms with van der Waals surface area (Å²) < 4.78 is 9.39. The largest absolute Gasteiger partial charge is 0.485 e. The molecule has 0 bridgehead atoms. The molecule has 0 spiro atoms. The normalized spacial score (nSPS) is 10.3. The molecule has 1 heterocycles. The number of ether oxygens (including phenoxy) is 1. The van der Waals surface area contributed by atoms with Crippen molar-refractivity contribution in [2.45, 2.75) is 6.61 Å². The Balaban J connectivity index is 2.16. The smallest absolute Gasteiger partial charge is 0.273 e. The second-order valence-electron chi connectivity index (χ2n) is 3.15. The number of benzene rings is 1. The van der Waals surface area contributed by atoms with E-state index in [0.717, 1.165) is 11.5 Å². The van der Waals surface area contributed by atoms with E-state index in [4.69, 9.17) is 27.9 Å². The molecule has 0 aliphatic rings. The second-order valence-corrected chi connectivity index (χ2v) is 4.92. The summed E-state index contributed by atoms with van der Waals surface area (Å²) in [6.45, 7) is 0.0518. The van der Waals surface area contributed by atoms with Gasteiger partial charge in [0.05, 0.1) is 16.0 Å². The van der Waals surface area contributed by atoms with Gasteiger partial charge >= 0.3 is 0 Å². The Morgan fingerprint density at radius 1 is 1.44 bits per heavy atom. The third-order valence-corrected chi connectivity index (χ3v) is 3.30. The van der Waals surface area contributed by atoms with Crippen molar-refractivity contribution in [3.8, 4) is 5.75 Å². The minimum absolute atomic E-state index is 0.0518. The van der Waals surface area contributed by atoms with Crippen molar-refractivity contribution >= 4 is 40.4 Å². The zero-order valence-electron chi connectivity index (χ0n) is 8.67. The maximum absolute atomic E-state index is 10.6. The van der Waals surface area contributed by atoms with E-state index in [0.29, 0.717) is 10.0 Å². The van der Waals surface area contributed by atoms with Crippen molar-refractivity contribution in [1.82, 2.24) is 9.59 Å². The number of hydrogen-bond acceptors (Lipinski definition) is 6. The van der Waals surface area contributed by atoms with Crippen molar-refractivity contribution in [3.63, 3.8) is 0 Å². The molecule has 2 aromatic rings. The fourth-order valence-electron chi connectivity index (χ4n) is 1.15. The Hall–Kier alpha value is -1.44. The van der Waals surface area contributed by atoms with Crippen LogP contribution in [0.3, 0.4) is 0 Å². The summed E-state index contributed by atoms with van der Waals surface area (Å²) in [5.41, 5.74) is 0.362. The molecule has 0 saturated carbocycles. The lowest BCUT2D eigenvalue weighted by Gasteiger charge is -2.05. The van der Waals surface area contributed by atoms with Gasteiger partial charge in [0.15, 0.2) is 0 Å². The van der Waals surface area contributed by atoms with Gasteiger partial charge in [-0.2, -0.15) is 0 Å². The van der Waals surface area contributed by atoms with E-state index in [1.165, 1.54) is 18.2 Å². The first-order valence-electron chi connectivity index (χ1n) is 4.61. The minimum atomic E-state index is -0.527. The van der Waals surface area contributed by atoms with E-state index in [2.05, 4.69) is 9.59 Å². The standard InChI is InChI=1S/C9H5Cl2N3O3S/c10-6-2-1-5(14(15)16)3-8(6)17-4-7-9(11)18-13-12-7/h1-3H,4H2. The predicted octanol–water partition coefficient (Wildman–Crippen LogP) is 3.33. The van der Waals surface area contributed by atoms with Gasteiger partial charge < -0.3 is 4.74 Å².